The number of hydrogen-bond acceptors (Lipinski definition) is 3. The van der Waals surface area contributed by atoms with Gasteiger partial charge in [0, 0.05) is 30.4 Å². The van der Waals surface area contributed by atoms with E-state index in [1.165, 1.54) is 5.56 Å². The second kappa shape index (κ2) is 7.09. The third kappa shape index (κ3) is 3.51. The number of anilines is 1. The first-order valence-electron chi connectivity index (χ1n) is 9.44. The fourth-order valence-electron chi connectivity index (χ4n) is 4.03. The maximum absolute atomic E-state index is 13.0. The summed E-state index contributed by atoms with van der Waals surface area (Å²) >= 11 is 0. The van der Waals surface area contributed by atoms with Crippen molar-refractivity contribution in [2.45, 2.75) is 38.0 Å². The molecule has 27 heavy (non-hydrogen) atoms. The SMILES string of the molecule is CC1Cc2ccccc2N1C(=O)c1ccc(CS(=O)(=O)N2CCCC2)cc1. The summed E-state index contributed by atoms with van der Waals surface area (Å²) < 4.78 is 26.5. The number of amides is 1. The molecule has 2 aliphatic rings. The Morgan fingerprint density at radius 1 is 1.04 bits per heavy atom. The number of hydrogen-bond donors (Lipinski definition) is 0. The minimum atomic E-state index is -3.27. The van der Waals surface area contributed by atoms with E-state index in [2.05, 4.69) is 13.0 Å². The van der Waals surface area contributed by atoms with Crippen LogP contribution in [-0.2, 0) is 22.2 Å². The Balaban J connectivity index is 1.52. The van der Waals surface area contributed by atoms with Crippen LogP contribution in [0, 0.1) is 0 Å². The fourth-order valence-corrected chi connectivity index (χ4v) is 5.64. The largest absolute Gasteiger partial charge is 0.305 e. The lowest BCUT2D eigenvalue weighted by Crippen LogP contribution is -2.35. The first kappa shape index (κ1) is 18.2. The van der Waals surface area contributed by atoms with E-state index in [9.17, 15) is 13.2 Å². The number of carbonyl (C=O) groups is 1. The average Bonchev–Trinajstić information content (AvgIpc) is 3.29. The van der Waals surface area contributed by atoms with Crippen molar-refractivity contribution in [2.24, 2.45) is 0 Å². The van der Waals surface area contributed by atoms with Gasteiger partial charge in [-0.25, -0.2) is 12.7 Å². The van der Waals surface area contributed by atoms with Crippen LogP contribution in [0.5, 0.6) is 0 Å². The Labute approximate surface area is 160 Å². The zero-order valence-corrected chi connectivity index (χ0v) is 16.3. The van der Waals surface area contributed by atoms with Crippen LogP contribution in [-0.4, -0.2) is 37.8 Å². The molecule has 0 spiro atoms. The molecule has 6 heteroatoms. The van der Waals surface area contributed by atoms with Crippen molar-refractivity contribution in [3.63, 3.8) is 0 Å². The molecule has 2 aliphatic heterocycles. The number of para-hydroxylation sites is 1. The Bertz CT molecular complexity index is 948. The molecule has 2 heterocycles. The number of nitrogens with zero attached hydrogens (tertiary/aromatic N) is 2. The molecule has 0 bridgehead atoms. The van der Waals surface area contributed by atoms with E-state index in [1.807, 2.05) is 23.1 Å². The molecule has 1 atom stereocenters. The lowest BCUT2D eigenvalue weighted by Gasteiger charge is -2.23. The Morgan fingerprint density at radius 2 is 1.70 bits per heavy atom. The monoisotopic (exact) mass is 384 g/mol. The van der Waals surface area contributed by atoms with Gasteiger partial charge in [-0.15, -0.1) is 0 Å². The third-order valence-electron chi connectivity index (χ3n) is 5.43. The Morgan fingerprint density at radius 3 is 2.41 bits per heavy atom. The molecule has 4 rings (SSSR count). The first-order valence-corrected chi connectivity index (χ1v) is 11.0. The van der Waals surface area contributed by atoms with E-state index in [-0.39, 0.29) is 17.7 Å². The summed E-state index contributed by atoms with van der Waals surface area (Å²) in [6.07, 6.45) is 2.72. The maximum atomic E-state index is 13.0. The summed E-state index contributed by atoms with van der Waals surface area (Å²) in [6.45, 7) is 3.28. The van der Waals surface area contributed by atoms with Crippen LogP contribution in [0.4, 0.5) is 5.69 Å². The van der Waals surface area contributed by atoms with Gasteiger partial charge in [-0.1, -0.05) is 30.3 Å². The van der Waals surface area contributed by atoms with Crippen LogP contribution in [0.15, 0.2) is 48.5 Å². The van der Waals surface area contributed by atoms with Gasteiger partial charge in [0.2, 0.25) is 10.0 Å². The van der Waals surface area contributed by atoms with Gasteiger partial charge in [-0.05, 0) is 55.5 Å². The van der Waals surface area contributed by atoms with Gasteiger partial charge in [0.1, 0.15) is 0 Å². The van der Waals surface area contributed by atoms with Gasteiger partial charge in [0.05, 0.1) is 5.75 Å². The lowest BCUT2D eigenvalue weighted by atomic mass is 10.1. The highest BCUT2D eigenvalue weighted by atomic mass is 32.2. The van der Waals surface area contributed by atoms with Crippen LogP contribution >= 0.6 is 0 Å². The molecular formula is C21H24N2O3S. The summed E-state index contributed by atoms with van der Waals surface area (Å²) in [7, 11) is -3.27. The predicted molar refractivity (Wildman–Crippen MR) is 106 cm³/mol. The van der Waals surface area contributed by atoms with Crippen LogP contribution in [0.25, 0.3) is 0 Å². The minimum Gasteiger partial charge on any atom is -0.305 e. The van der Waals surface area contributed by atoms with Crippen molar-refractivity contribution in [1.29, 1.82) is 0 Å². The standard InChI is InChI=1S/C21H24N2O3S/c1-16-14-19-6-2-3-7-20(19)23(16)21(24)18-10-8-17(9-11-18)15-27(25,26)22-12-4-5-13-22/h2-3,6-11,16H,4-5,12-15H2,1H3. The number of benzene rings is 2. The van der Waals surface area contributed by atoms with Gasteiger partial charge < -0.3 is 4.90 Å². The van der Waals surface area contributed by atoms with Gasteiger partial charge in [-0.3, -0.25) is 4.79 Å². The number of rotatable bonds is 4. The first-order chi connectivity index (χ1) is 13.0. The molecule has 0 radical (unpaired) electrons. The van der Waals surface area contributed by atoms with Crippen molar-refractivity contribution in [2.75, 3.05) is 18.0 Å². The maximum Gasteiger partial charge on any atom is 0.258 e. The van der Waals surface area contributed by atoms with Gasteiger partial charge >= 0.3 is 0 Å². The molecule has 1 amide bonds. The number of carbonyl (C=O) groups excluding carboxylic acids is 1. The topological polar surface area (TPSA) is 57.7 Å². The Hall–Kier alpha value is -2.18. The van der Waals surface area contributed by atoms with E-state index in [0.29, 0.717) is 24.2 Å². The van der Waals surface area contributed by atoms with E-state index in [0.717, 1.165) is 24.9 Å². The predicted octanol–water partition coefficient (Wildman–Crippen LogP) is 3.20. The Kier molecular flexibility index (Phi) is 4.78. The van der Waals surface area contributed by atoms with Crippen LogP contribution in [0.2, 0.25) is 0 Å². The smallest absolute Gasteiger partial charge is 0.258 e. The molecule has 0 aliphatic carbocycles. The zero-order valence-electron chi connectivity index (χ0n) is 15.5. The molecule has 0 N–H and O–H groups in total. The van der Waals surface area contributed by atoms with E-state index >= 15 is 0 Å². The lowest BCUT2D eigenvalue weighted by molar-refractivity contribution is 0.0981. The van der Waals surface area contributed by atoms with E-state index < -0.39 is 10.0 Å². The second-order valence-electron chi connectivity index (χ2n) is 7.42. The minimum absolute atomic E-state index is 0.00950. The molecule has 1 saturated heterocycles. The highest BCUT2D eigenvalue weighted by molar-refractivity contribution is 7.88. The quantitative estimate of drug-likeness (QED) is 0.813. The summed E-state index contributed by atoms with van der Waals surface area (Å²) in [5, 5.41) is 0. The van der Waals surface area contributed by atoms with Crippen molar-refractivity contribution in [3.05, 3.63) is 65.2 Å². The van der Waals surface area contributed by atoms with Crippen molar-refractivity contribution in [1.82, 2.24) is 4.31 Å². The highest BCUT2D eigenvalue weighted by Gasteiger charge is 2.31. The molecule has 5 nitrogen and oxygen atoms in total. The third-order valence-corrected chi connectivity index (χ3v) is 7.28. The zero-order chi connectivity index (χ0) is 19.0. The average molecular weight is 385 g/mol. The normalized spacial score (nSPS) is 20.0. The van der Waals surface area contributed by atoms with Gasteiger partial charge in [0.15, 0.2) is 0 Å². The van der Waals surface area contributed by atoms with Crippen LogP contribution in [0.1, 0.15) is 41.3 Å². The van der Waals surface area contributed by atoms with Gasteiger partial charge in [-0.2, -0.15) is 0 Å². The van der Waals surface area contributed by atoms with Crippen LogP contribution < -0.4 is 4.90 Å². The molecule has 0 saturated carbocycles. The van der Waals surface area contributed by atoms with E-state index in [1.54, 1.807) is 28.6 Å². The summed E-state index contributed by atoms with van der Waals surface area (Å²) in [6, 6.07) is 15.1. The summed E-state index contributed by atoms with van der Waals surface area (Å²) in [5.74, 6) is -0.0499. The van der Waals surface area contributed by atoms with Gasteiger partial charge in [0.25, 0.3) is 5.91 Å². The summed E-state index contributed by atoms with van der Waals surface area (Å²) in [4.78, 5) is 14.9. The molecule has 2 aromatic carbocycles. The van der Waals surface area contributed by atoms with Crippen molar-refractivity contribution in [3.8, 4) is 0 Å². The highest BCUT2D eigenvalue weighted by Crippen LogP contribution is 2.33. The van der Waals surface area contributed by atoms with Crippen LogP contribution in [0.3, 0.4) is 0 Å². The fraction of sp³-hybridized carbons (Fsp3) is 0.381. The molecular weight excluding hydrogens is 360 g/mol. The molecule has 142 valence electrons. The second-order valence-corrected chi connectivity index (χ2v) is 9.39. The van der Waals surface area contributed by atoms with Crippen molar-refractivity contribution < 1.29 is 13.2 Å². The molecule has 1 fully saturated rings. The number of fused-ring (bicyclic) bond motifs is 1. The molecule has 0 aromatic heterocycles. The summed E-state index contributed by atoms with van der Waals surface area (Å²) in [5.41, 5.74) is 3.46. The molecule has 1 unspecified atom stereocenters. The number of sulfonamides is 1. The molecule has 2 aromatic rings. The van der Waals surface area contributed by atoms with E-state index in [4.69, 9.17) is 0 Å². The van der Waals surface area contributed by atoms with Crippen molar-refractivity contribution >= 4 is 21.6 Å².